The molecule has 0 atom stereocenters. The van der Waals surface area contributed by atoms with E-state index in [0.29, 0.717) is 0 Å². The fraction of sp³-hybridized carbons (Fsp3) is 0.545. The molecule has 2 aliphatic rings. The second-order valence-electron chi connectivity index (χ2n) is 8.08. The van der Waals surface area contributed by atoms with Crippen LogP contribution in [0.2, 0.25) is 39.3 Å². The average Bonchev–Trinajstić information content (AvgIpc) is 3.21. The average molecular weight is 587 g/mol. The van der Waals surface area contributed by atoms with E-state index < -0.39 is 16.6 Å². The molecule has 0 heterocycles. The minimum absolute atomic E-state index is 0. The topological polar surface area (TPSA) is 18.5 Å². The molecule has 0 bridgehead atoms. The van der Waals surface area contributed by atoms with E-state index in [1.807, 2.05) is 6.88 Å². The van der Waals surface area contributed by atoms with Gasteiger partial charge in [-0.2, -0.15) is 23.3 Å². The van der Waals surface area contributed by atoms with Gasteiger partial charge in [0.2, 0.25) is 0 Å². The Morgan fingerprint density at radius 1 is 0.767 bits per heavy atom. The van der Waals surface area contributed by atoms with Crippen molar-refractivity contribution in [2.75, 3.05) is 13.2 Å². The van der Waals surface area contributed by atoms with Crippen molar-refractivity contribution < 1.29 is 32.2 Å². The molecular formula is C22H44Cl2O2Si3Zr-4. The van der Waals surface area contributed by atoms with Crippen molar-refractivity contribution in [3.05, 3.63) is 62.5 Å². The molecule has 0 radical (unpaired) electrons. The van der Waals surface area contributed by atoms with Crippen molar-refractivity contribution in [2.45, 2.75) is 65.0 Å². The molecule has 0 N–H and O–H groups in total. The third-order valence-corrected chi connectivity index (χ3v) is 5.53. The van der Waals surface area contributed by atoms with E-state index in [1.54, 1.807) is 23.3 Å². The molecule has 2 rings (SSSR count). The summed E-state index contributed by atoms with van der Waals surface area (Å²) >= 11 is 1.58. The number of hydrogen-bond donors (Lipinski definition) is 0. The summed E-state index contributed by atoms with van der Waals surface area (Å²) in [5, 5.41) is 0. The van der Waals surface area contributed by atoms with Gasteiger partial charge in [-0.3, -0.25) is 12.2 Å². The van der Waals surface area contributed by atoms with Crippen molar-refractivity contribution in [3.63, 3.8) is 0 Å². The van der Waals surface area contributed by atoms with Crippen LogP contribution in [0.25, 0.3) is 0 Å². The Labute approximate surface area is 219 Å². The van der Waals surface area contributed by atoms with Crippen LogP contribution in [0, 0.1) is 27.0 Å². The summed E-state index contributed by atoms with van der Waals surface area (Å²) in [6, 6.07) is 0. The quantitative estimate of drug-likeness (QED) is 0.234. The summed E-state index contributed by atoms with van der Waals surface area (Å²) < 4.78 is 11.5. The van der Waals surface area contributed by atoms with Crippen molar-refractivity contribution >= 4 is 48.3 Å². The van der Waals surface area contributed by atoms with Crippen molar-refractivity contribution in [1.29, 1.82) is 0 Å². The Morgan fingerprint density at radius 2 is 1.07 bits per heavy atom. The standard InChI is InChI=1S/2C10H17OSi.2CH3.2ClH.H2Si.Zr/c2*1-12(2,3)11-9-8-10-6-4-5-7-10;;;;;;/h2*6-7H,4,8-9H2,1-3H3;2*1H3;2*1H;1H2;/q4*-1;;;;. The van der Waals surface area contributed by atoms with Gasteiger partial charge in [0.15, 0.2) is 16.6 Å². The summed E-state index contributed by atoms with van der Waals surface area (Å²) in [6.45, 7) is 17.0. The minimum atomic E-state index is -1.29. The van der Waals surface area contributed by atoms with Gasteiger partial charge >= 0.3 is 30.2 Å². The molecule has 0 saturated heterocycles. The summed E-state index contributed by atoms with van der Waals surface area (Å²) in [5.41, 5.74) is 2.77. The van der Waals surface area contributed by atoms with Gasteiger partial charge < -0.3 is 23.7 Å². The molecule has 178 valence electrons. The molecule has 8 heteroatoms. The van der Waals surface area contributed by atoms with Crippen LogP contribution >= 0.6 is 24.8 Å². The monoisotopic (exact) mass is 584 g/mol. The van der Waals surface area contributed by atoms with Crippen LogP contribution < -0.4 is 0 Å². The number of rotatable bonds is 8. The maximum absolute atomic E-state index is 5.74. The molecule has 0 aromatic rings. The van der Waals surface area contributed by atoms with E-state index in [4.69, 9.17) is 8.85 Å². The molecule has 0 aromatic carbocycles. The molecular weight excluding hydrogens is 543 g/mol. The molecule has 2 nitrogen and oxygen atoms in total. The van der Waals surface area contributed by atoms with Gasteiger partial charge in [0, 0.05) is 13.2 Å². The van der Waals surface area contributed by atoms with Gasteiger partial charge in [-0.15, -0.1) is 37.7 Å². The molecule has 0 saturated carbocycles. The van der Waals surface area contributed by atoms with Crippen LogP contribution in [-0.2, 0) is 32.2 Å². The summed E-state index contributed by atoms with van der Waals surface area (Å²) in [6.07, 6.45) is 19.0. The predicted molar refractivity (Wildman–Crippen MR) is 145 cm³/mol. The zero-order valence-corrected chi connectivity index (χ0v) is 27.9. The van der Waals surface area contributed by atoms with Crippen LogP contribution in [0.1, 0.15) is 25.7 Å². The van der Waals surface area contributed by atoms with Gasteiger partial charge in [0.05, 0.1) is 0 Å². The molecule has 0 fully saturated rings. The third-order valence-electron chi connectivity index (χ3n) is 3.39. The van der Waals surface area contributed by atoms with E-state index >= 15 is 0 Å². The molecule has 30 heavy (non-hydrogen) atoms. The van der Waals surface area contributed by atoms with Crippen LogP contribution in [-0.4, -0.2) is 36.7 Å². The molecule has 0 aliphatic heterocycles. The van der Waals surface area contributed by atoms with E-state index in [2.05, 4.69) is 75.7 Å². The molecule has 0 spiro atoms. The van der Waals surface area contributed by atoms with Gasteiger partial charge in [0.25, 0.3) is 0 Å². The van der Waals surface area contributed by atoms with Crippen LogP contribution in [0.5, 0.6) is 0 Å². The Morgan fingerprint density at radius 3 is 1.27 bits per heavy atom. The molecule has 0 unspecified atom stereocenters. The van der Waals surface area contributed by atoms with E-state index in [-0.39, 0.29) is 39.7 Å². The van der Waals surface area contributed by atoms with Gasteiger partial charge in [0.1, 0.15) is 0 Å². The molecule has 2 aliphatic carbocycles. The third kappa shape index (κ3) is 27.0. The Hall–Kier alpha value is 0.994. The molecule has 0 aromatic heterocycles. The first-order valence-electron chi connectivity index (χ1n) is 9.30. The first-order chi connectivity index (χ1) is 12.2. The number of hydrogen-bond acceptors (Lipinski definition) is 2. The summed E-state index contributed by atoms with van der Waals surface area (Å²) in [5.74, 6) is 0. The number of allylic oxidation sites excluding steroid dienone is 6. The first kappa shape index (κ1) is 41.3. The van der Waals surface area contributed by atoms with Crippen molar-refractivity contribution in [1.82, 2.24) is 0 Å². The number of halogens is 2. The first-order valence-corrected chi connectivity index (χ1v) is 22.0. The van der Waals surface area contributed by atoms with Crippen molar-refractivity contribution in [3.8, 4) is 0 Å². The maximum atomic E-state index is 5.74. The summed E-state index contributed by atoms with van der Waals surface area (Å²) in [4.78, 5) is 0. The van der Waals surface area contributed by atoms with E-state index in [1.165, 1.54) is 11.1 Å². The second kappa shape index (κ2) is 23.2. The normalized spacial score (nSPS) is 13.5. The van der Waals surface area contributed by atoms with Crippen LogP contribution in [0.15, 0.2) is 35.5 Å². The molecule has 0 amide bonds. The zero-order valence-electron chi connectivity index (χ0n) is 20.4. The predicted octanol–water partition coefficient (Wildman–Crippen LogP) is 6.66. The van der Waals surface area contributed by atoms with E-state index in [9.17, 15) is 0 Å². The van der Waals surface area contributed by atoms with E-state index in [0.717, 1.165) is 38.9 Å². The Kier molecular flexibility index (Phi) is 31.9. The summed E-state index contributed by atoms with van der Waals surface area (Å²) in [7, 11) is -2.58. The van der Waals surface area contributed by atoms with Gasteiger partial charge in [-0.1, -0.05) is 12.8 Å². The zero-order chi connectivity index (χ0) is 20.1. The van der Waals surface area contributed by atoms with Crippen molar-refractivity contribution in [2.24, 2.45) is 0 Å². The second-order valence-corrected chi connectivity index (χ2v) is 17.1. The van der Waals surface area contributed by atoms with Gasteiger partial charge in [-0.05, 0) is 39.3 Å². The SMILES string of the molecule is C[Si](C)(C)OCCC1=CC[C-]=C1.C[Si](C)(C)OCCC1=CC[C-]=C1.Cl.Cl.[CH3-].[CH3-].[SiH2]=[Zr]. The van der Waals surface area contributed by atoms with Gasteiger partial charge in [-0.25, -0.2) is 12.2 Å². The fourth-order valence-corrected chi connectivity index (χ4v) is 3.61. The Bertz CT molecular complexity index is 477. The fourth-order valence-electron chi connectivity index (χ4n) is 2.18. The van der Waals surface area contributed by atoms with Crippen LogP contribution in [0.3, 0.4) is 0 Å². The van der Waals surface area contributed by atoms with Crippen LogP contribution in [0.4, 0.5) is 0 Å². The Balaban J connectivity index is -0.000000114.